The highest BCUT2D eigenvalue weighted by molar-refractivity contribution is 5.94. The number of allylic oxidation sites excluding steroid dienone is 3. The van der Waals surface area contributed by atoms with E-state index in [1.54, 1.807) is 36.8 Å². The maximum absolute atomic E-state index is 14.7. The van der Waals surface area contributed by atoms with E-state index >= 15 is 0 Å². The fraction of sp³-hybridized carbons (Fsp3) is 0.407. The van der Waals surface area contributed by atoms with Crippen molar-refractivity contribution in [1.82, 2.24) is 19.9 Å². The lowest BCUT2D eigenvalue weighted by Gasteiger charge is -2.35. The molecule has 2 aromatic rings. The third-order valence-corrected chi connectivity index (χ3v) is 7.16. The number of alkyl halides is 1. The molecule has 11 heteroatoms. The maximum Gasteiger partial charge on any atom is 0.248 e. The summed E-state index contributed by atoms with van der Waals surface area (Å²) >= 11 is 0. The molecule has 3 aliphatic rings. The second-order valence-corrected chi connectivity index (χ2v) is 9.65. The molecule has 0 bridgehead atoms. The Morgan fingerprint density at radius 1 is 1.29 bits per heavy atom. The van der Waals surface area contributed by atoms with Gasteiger partial charge in [0.15, 0.2) is 6.17 Å². The number of carbonyl (C=O) groups is 2. The Morgan fingerprint density at radius 3 is 2.84 bits per heavy atom. The molecule has 5 atom stereocenters. The molecule has 1 saturated heterocycles. The number of nitrogens with zero attached hydrogens (tertiary/aromatic N) is 5. The van der Waals surface area contributed by atoms with Gasteiger partial charge in [0.25, 0.3) is 0 Å². The summed E-state index contributed by atoms with van der Waals surface area (Å²) < 4.78 is 20.5. The molecular formula is C27H27FN6O4. The molecule has 5 rings (SSSR count). The highest BCUT2D eigenvalue weighted by Crippen LogP contribution is 2.47. The largest absolute Gasteiger partial charge is 0.486 e. The third kappa shape index (κ3) is 5.55. The molecule has 2 aliphatic carbocycles. The first-order valence-corrected chi connectivity index (χ1v) is 12.5. The molecule has 2 aromatic heterocycles. The van der Waals surface area contributed by atoms with Crippen LogP contribution in [0.2, 0.25) is 0 Å². The first-order valence-electron chi connectivity index (χ1n) is 12.5. The molecule has 0 aromatic carbocycles. The van der Waals surface area contributed by atoms with Crippen molar-refractivity contribution in [3.63, 3.8) is 0 Å². The van der Waals surface area contributed by atoms with Crippen molar-refractivity contribution in [3.8, 4) is 6.07 Å². The van der Waals surface area contributed by atoms with Crippen molar-refractivity contribution in [2.75, 3.05) is 25.0 Å². The summed E-state index contributed by atoms with van der Waals surface area (Å²) in [5.41, 5.74) is 2.12. The number of hydrogen-bond donors (Lipinski definition) is 2. The number of aliphatic hydroxyl groups excluding tert-OH is 1. The van der Waals surface area contributed by atoms with E-state index < -0.39 is 24.8 Å². The molecule has 2 N–H and O–H groups in total. The van der Waals surface area contributed by atoms with Crippen LogP contribution in [0.15, 0.2) is 60.5 Å². The molecule has 1 saturated carbocycles. The van der Waals surface area contributed by atoms with Gasteiger partial charge in [-0.1, -0.05) is 6.08 Å². The molecule has 0 radical (unpaired) electrons. The van der Waals surface area contributed by atoms with Crippen LogP contribution in [0.4, 0.5) is 10.2 Å². The SMILES string of the molecule is N#CC1=CC(c2ccnc(NC(=O)[C@@H]3CC3c3cncnc3)c2)CC=C1O[C@H]1CCN(C(=O)CO)C[C@H]1F. The van der Waals surface area contributed by atoms with E-state index in [1.807, 2.05) is 6.07 Å². The zero-order chi connectivity index (χ0) is 26.6. The number of likely N-dealkylation sites (tertiary alicyclic amines) is 1. The van der Waals surface area contributed by atoms with Crippen molar-refractivity contribution in [1.29, 1.82) is 5.26 Å². The monoisotopic (exact) mass is 518 g/mol. The molecule has 196 valence electrons. The molecule has 10 nitrogen and oxygen atoms in total. The minimum atomic E-state index is -1.43. The van der Waals surface area contributed by atoms with Crippen molar-refractivity contribution >= 4 is 17.6 Å². The number of amides is 2. The number of aromatic nitrogens is 3. The highest BCUT2D eigenvalue weighted by atomic mass is 19.1. The van der Waals surface area contributed by atoms with Gasteiger partial charge in [0.2, 0.25) is 11.8 Å². The van der Waals surface area contributed by atoms with Crippen molar-refractivity contribution in [3.05, 3.63) is 71.7 Å². The van der Waals surface area contributed by atoms with Gasteiger partial charge in [-0.3, -0.25) is 9.59 Å². The molecule has 2 unspecified atom stereocenters. The van der Waals surface area contributed by atoms with Crippen LogP contribution in [0.25, 0.3) is 0 Å². The lowest BCUT2D eigenvalue weighted by Crippen LogP contribution is -2.49. The van der Waals surface area contributed by atoms with Crippen LogP contribution >= 0.6 is 0 Å². The molecule has 2 amide bonds. The lowest BCUT2D eigenvalue weighted by molar-refractivity contribution is -0.138. The van der Waals surface area contributed by atoms with E-state index in [-0.39, 0.29) is 43.2 Å². The van der Waals surface area contributed by atoms with Gasteiger partial charge in [-0.05, 0) is 48.1 Å². The summed E-state index contributed by atoms with van der Waals surface area (Å²) in [6, 6.07) is 5.76. The number of ether oxygens (including phenoxy) is 1. The zero-order valence-electron chi connectivity index (χ0n) is 20.5. The number of piperidine rings is 1. The standard InChI is InChI=1S/C27H27FN6O4/c28-22-13-34(26(36)14-35)6-4-24(22)38-23-2-1-16(7-18(23)10-29)17-3-5-32-25(8-17)33-27(37)21-9-20(21)19-11-30-15-31-12-19/h2-3,5,7-8,11-12,15-16,20-22,24,35H,1,4,6,9,13-14H2,(H,32,33,37)/t16?,20?,21-,22-,24+/m1/s1. The number of aliphatic hydroxyl groups is 1. The zero-order valence-corrected chi connectivity index (χ0v) is 20.5. The minimum absolute atomic E-state index is 0.105. The van der Waals surface area contributed by atoms with Crippen LogP contribution in [-0.2, 0) is 14.3 Å². The van der Waals surface area contributed by atoms with E-state index in [1.165, 1.54) is 11.2 Å². The van der Waals surface area contributed by atoms with Gasteiger partial charge in [-0.2, -0.15) is 5.26 Å². The second-order valence-electron chi connectivity index (χ2n) is 9.65. The Kier molecular flexibility index (Phi) is 7.42. The van der Waals surface area contributed by atoms with E-state index in [9.17, 15) is 19.2 Å². The average molecular weight is 519 g/mol. The van der Waals surface area contributed by atoms with E-state index in [0.29, 0.717) is 23.6 Å². The molecule has 38 heavy (non-hydrogen) atoms. The predicted molar refractivity (Wildman–Crippen MR) is 133 cm³/mol. The Labute approximate surface area is 218 Å². The summed E-state index contributed by atoms with van der Waals surface area (Å²) in [7, 11) is 0. The summed E-state index contributed by atoms with van der Waals surface area (Å²) in [6.07, 6.45) is 9.40. The fourth-order valence-electron chi connectivity index (χ4n) is 4.96. The second kappa shape index (κ2) is 11.1. The van der Waals surface area contributed by atoms with Crippen molar-refractivity contribution < 1.29 is 23.8 Å². The molecule has 2 fully saturated rings. The first-order chi connectivity index (χ1) is 18.5. The van der Waals surface area contributed by atoms with Crippen LogP contribution in [0.5, 0.6) is 0 Å². The van der Waals surface area contributed by atoms with Crippen LogP contribution in [0.1, 0.15) is 42.2 Å². The van der Waals surface area contributed by atoms with Gasteiger partial charge in [-0.25, -0.2) is 19.3 Å². The Morgan fingerprint density at radius 2 is 2.11 bits per heavy atom. The number of carbonyl (C=O) groups excluding carboxylic acids is 2. The summed E-state index contributed by atoms with van der Waals surface area (Å²) in [6.45, 7) is -0.535. The van der Waals surface area contributed by atoms with Gasteiger partial charge < -0.3 is 20.1 Å². The quantitative estimate of drug-likeness (QED) is 0.569. The van der Waals surface area contributed by atoms with Gasteiger partial charge in [-0.15, -0.1) is 0 Å². The van der Waals surface area contributed by atoms with Gasteiger partial charge >= 0.3 is 0 Å². The number of pyridine rings is 1. The highest BCUT2D eigenvalue weighted by Gasteiger charge is 2.44. The third-order valence-electron chi connectivity index (χ3n) is 7.16. The maximum atomic E-state index is 14.7. The number of nitrogens with one attached hydrogen (secondary N) is 1. The minimum Gasteiger partial charge on any atom is -0.486 e. The van der Waals surface area contributed by atoms with E-state index in [4.69, 9.17) is 9.84 Å². The molecular weight excluding hydrogens is 491 g/mol. The van der Waals surface area contributed by atoms with Crippen LogP contribution in [0, 0.1) is 17.2 Å². The van der Waals surface area contributed by atoms with Crippen LogP contribution < -0.4 is 5.32 Å². The first kappa shape index (κ1) is 25.5. The average Bonchev–Trinajstić information content (AvgIpc) is 3.76. The Hall–Kier alpha value is -4.17. The van der Waals surface area contributed by atoms with Crippen LogP contribution in [0.3, 0.4) is 0 Å². The summed E-state index contributed by atoms with van der Waals surface area (Å²) in [5.74, 6) is -0.0513. The predicted octanol–water partition coefficient (Wildman–Crippen LogP) is 2.38. The van der Waals surface area contributed by atoms with E-state index in [2.05, 4.69) is 26.3 Å². The number of anilines is 1. The number of rotatable bonds is 7. The number of nitriles is 1. The number of hydrogen-bond acceptors (Lipinski definition) is 8. The van der Waals surface area contributed by atoms with E-state index in [0.717, 1.165) is 17.5 Å². The Balaban J connectivity index is 1.20. The lowest BCUT2D eigenvalue weighted by atomic mass is 9.89. The van der Waals surface area contributed by atoms with Crippen molar-refractivity contribution in [2.45, 2.75) is 43.4 Å². The normalized spacial score (nSPS) is 26.4. The van der Waals surface area contributed by atoms with Gasteiger partial charge in [0.05, 0.1) is 12.1 Å². The number of halogens is 1. The summed E-state index contributed by atoms with van der Waals surface area (Å²) in [4.78, 5) is 38.0. The fourth-order valence-corrected chi connectivity index (χ4v) is 4.96. The topological polar surface area (TPSA) is 141 Å². The van der Waals surface area contributed by atoms with Gasteiger partial charge in [0, 0.05) is 43.4 Å². The smallest absolute Gasteiger partial charge is 0.248 e. The Bertz CT molecular complexity index is 1310. The molecule has 1 aliphatic heterocycles. The summed E-state index contributed by atoms with van der Waals surface area (Å²) in [5, 5.41) is 21.6. The van der Waals surface area contributed by atoms with Crippen molar-refractivity contribution in [2.24, 2.45) is 5.92 Å². The van der Waals surface area contributed by atoms with Crippen LogP contribution in [-0.4, -0.2) is 68.7 Å². The molecule has 0 spiro atoms. The van der Waals surface area contributed by atoms with Gasteiger partial charge in [0.1, 0.15) is 36.7 Å². The molecule has 3 heterocycles.